The van der Waals surface area contributed by atoms with Gasteiger partial charge in [-0.1, -0.05) is 0 Å². The minimum Gasteiger partial charge on any atom is -0.272 e. The van der Waals surface area contributed by atoms with Gasteiger partial charge in [-0.2, -0.15) is 30.7 Å². The Kier molecular flexibility index (Phi) is 3.37. The van der Waals surface area contributed by atoms with Crippen molar-refractivity contribution in [2.24, 2.45) is 0 Å². The van der Waals surface area contributed by atoms with Crippen molar-refractivity contribution in [2.75, 3.05) is 0 Å². The Bertz CT molecular complexity index is 191. The summed E-state index contributed by atoms with van der Waals surface area (Å²) >= 11 is 0. The highest BCUT2D eigenvalue weighted by Crippen LogP contribution is 2.38. The maximum absolute atomic E-state index is 12.0. The van der Waals surface area contributed by atoms with Crippen LogP contribution in [-0.2, 0) is 4.74 Å². The largest absolute Gasteiger partial charge is 0.445 e. The summed E-state index contributed by atoms with van der Waals surface area (Å²) < 4.78 is 95.6. The molecule has 0 amide bonds. The number of hydrogen-bond donors (Lipinski definition) is 0. The first-order chi connectivity index (χ1) is 5.88. The maximum Gasteiger partial charge on any atom is 0.445 e. The van der Waals surface area contributed by atoms with Gasteiger partial charge >= 0.3 is 18.2 Å². The first-order valence-electron chi connectivity index (χ1n) is 3.02. The highest BCUT2D eigenvalue weighted by Gasteiger charge is 2.59. The zero-order valence-corrected chi connectivity index (χ0v) is 6.51. The minimum atomic E-state index is -5.77. The third-order valence-electron chi connectivity index (χ3n) is 1.02. The molecule has 1 unspecified atom stereocenters. The van der Waals surface area contributed by atoms with Gasteiger partial charge in [-0.05, 0) is 0 Å². The number of halogens is 8. The standard InChI is InChI=1S/C5H4F8O/c1-3(7,8)5(12,13)14-2(6)4(9,10)11/h2H,1H3. The molecule has 14 heavy (non-hydrogen) atoms. The van der Waals surface area contributed by atoms with Gasteiger partial charge in [-0.15, -0.1) is 0 Å². The molecule has 9 heteroatoms. The summed E-state index contributed by atoms with van der Waals surface area (Å²) in [6.07, 6.45) is -15.7. The third kappa shape index (κ3) is 3.28. The Morgan fingerprint density at radius 1 is 0.929 bits per heavy atom. The van der Waals surface area contributed by atoms with Crippen LogP contribution < -0.4 is 0 Å². The third-order valence-corrected chi connectivity index (χ3v) is 1.02. The van der Waals surface area contributed by atoms with E-state index in [1.165, 1.54) is 0 Å². The summed E-state index contributed by atoms with van der Waals surface area (Å²) in [4.78, 5) is 0. The van der Waals surface area contributed by atoms with E-state index in [1.54, 1.807) is 0 Å². The molecule has 0 saturated carbocycles. The second-order valence-electron chi connectivity index (χ2n) is 2.38. The van der Waals surface area contributed by atoms with E-state index in [2.05, 4.69) is 4.74 Å². The van der Waals surface area contributed by atoms with Crippen molar-refractivity contribution in [3.05, 3.63) is 0 Å². The molecular weight excluding hydrogens is 228 g/mol. The van der Waals surface area contributed by atoms with Crippen LogP contribution in [-0.4, -0.2) is 24.6 Å². The molecule has 0 aromatic carbocycles. The number of alkyl halides is 8. The van der Waals surface area contributed by atoms with E-state index in [-0.39, 0.29) is 0 Å². The second kappa shape index (κ2) is 3.52. The second-order valence-corrected chi connectivity index (χ2v) is 2.38. The van der Waals surface area contributed by atoms with E-state index >= 15 is 0 Å². The van der Waals surface area contributed by atoms with Crippen LogP contribution in [0.2, 0.25) is 0 Å². The Morgan fingerprint density at radius 2 is 1.29 bits per heavy atom. The van der Waals surface area contributed by atoms with Crippen molar-refractivity contribution in [3.63, 3.8) is 0 Å². The summed E-state index contributed by atoms with van der Waals surface area (Å²) in [5.74, 6) is -4.90. The summed E-state index contributed by atoms with van der Waals surface area (Å²) in [5.41, 5.74) is 0. The summed E-state index contributed by atoms with van der Waals surface area (Å²) in [6, 6.07) is 0. The predicted octanol–water partition coefficient (Wildman–Crippen LogP) is 3.11. The van der Waals surface area contributed by atoms with E-state index in [9.17, 15) is 35.1 Å². The van der Waals surface area contributed by atoms with Crippen molar-refractivity contribution in [1.29, 1.82) is 0 Å². The number of hydrogen-bond acceptors (Lipinski definition) is 1. The van der Waals surface area contributed by atoms with Gasteiger partial charge in [0.1, 0.15) is 0 Å². The quantitative estimate of drug-likeness (QED) is 0.679. The van der Waals surface area contributed by atoms with E-state index in [1.807, 2.05) is 0 Å². The van der Waals surface area contributed by atoms with Crippen LogP contribution in [0.25, 0.3) is 0 Å². The van der Waals surface area contributed by atoms with E-state index < -0.39 is 31.5 Å². The summed E-state index contributed by atoms with van der Waals surface area (Å²) in [6.45, 7) is -0.393. The van der Waals surface area contributed by atoms with Gasteiger partial charge in [0.05, 0.1) is 0 Å². The average molecular weight is 232 g/mol. The van der Waals surface area contributed by atoms with Gasteiger partial charge in [0.25, 0.3) is 6.36 Å². The lowest BCUT2D eigenvalue weighted by Crippen LogP contribution is -2.45. The van der Waals surface area contributed by atoms with Crippen molar-refractivity contribution in [1.82, 2.24) is 0 Å². The zero-order chi connectivity index (χ0) is 11.8. The molecule has 1 atom stereocenters. The molecule has 0 heterocycles. The molecule has 0 aliphatic carbocycles. The van der Waals surface area contributed by atoms with Crippen LogP contribution in [0.5, 0.6) is 0 Å². The van der Waals surface area contributed by atoms with Gasteiger partial charge < -0.3 is 0 Å². The van der Waals surface area contributed by atoms with Gasteiger partial charge in [-0.3, -0.25) is 4.74 Å². The van der Waals surface area contributed by atoms with E-state index in [4.69, 9.17) is 0 Å². The molecule has 0 N–H and O–H groups in total. The van der Waals surface area contributed by atoms with Gasteiger partial charge in [0.2, 0.25) is 0 Å². The number of rotatable bonds is 3. The molecule has 0 radical (unpaired) electrons. The van der Waals surface area contributed by atoms with Gasteiger partial charge in [-0.25, -0.2) is 4.39 Å². The topological polar surface area (TPSA) is 9.23 Å². The zero-order valence-electron chi connectivity index (χ0n) is 6.51. The van der Waals surface area contributed by atoms with Crippen LogP contribution >= 0.6 is 0 Å². The first kappa shape index (κ1) is 13.4. The Morgan fingerprint density at radius 3 is 1.50 bits per heavy atom. The highest BCUT2D eigenvalue weighted by atomic mass is 19.4. The molecule has 0 fully saturated rings. The highest BCUT2D eigenvalue weighted by molar-refractivity contribution is 4.72. The normalized spacial score (nSPS) is 16.9. The molecule has 0 saturated heterocycles. The SMILES string of the molecule is CC(F)(F)C(F)(F)OC(F)C(F)(F)F. The lowest BCUT2D eigenvalue weighted by molar-refractivity contribution is -0.407. The maximum atomic E-state index is 12.0. The van der Waals surface area contributed by atoms with Crippen LogP contribution in [0.15, 0.2) is 0 Å². The molecule has 86 valence electrons. The molecular formula is C5H4F8O. The van der Waals surface area contributed by atoms with Crippen molar-refractivity contribution in [3.8, 4) is 0 Å². The van der Waals surface area contributed by atoms with Gasteiger partial charge in [0.15, 0.2) is 0 Å². The molecule has 0 spiro atoms. The number of ether oxygens (including phenoxy) is 1. The van der Waals surface area contributed by atoms with Gasteiger partial charge in [0, 0.05) is 6.92 Å². The predicted molar refractivity (Wildman–Crippen MR) is 27.6 cm³/mol. The molecule has 0 bridgehead atoms. The summed E-state index contributed by atoms with van der Waals surface area (Å²) in [7, 11) is 0. The summed E-state index contributed by atoms with van der Waals surface area (Å²) in [5, 5.41) is 0. The van der Waals surface area contributed by atoms with Crippen LogP contribution in [0, 0.1) is 0 Å². The van der Waals surface area contributed by atoms with Crippen LogP contribution in [0.1, 0.15) is 6.92 Å². The molecule has 0 aromatic heterocycles. The minimum absolute atomic E-state index is 0.393. The lowest BCUT2D eigenvalue weighted by Gasteiger charge is -2.25. The van der Waals surface area contributed by atoms with Crippen LogP contribution in [0.4, 0.5) is 35.1 Å². The van der Waals surface area contributed by atoms with E-state index in [0.29, 0.717) is 0 Å². The average Bonchev–Trinajstić information content (AvgIpc) is 1.80. The van der Waals surface area contributed by atoms with Crippen molar-refractivity contribution < 1.29 is 39.9 Å². The Hall–Kier alpha value is -0.600. The fraction of sp³-hybridized carbons (Fsp3) is 1.00. The van der Waals surface area contributed by atoms with Crippen LogP contribution in [0.3, 0.4) is 0 Å². The molecule has 0 aromatic rings. The van der Waals surface area contributed by atoms with E-state index in [0.717, 1.165) is 0 Å². The van der Waals surface area contributed by atoms with Crippen molar-refractivity contribution in [2.45, 2.75) is 31.5 Å². The molecule has 0 aliphatic rings. The lowest BCUT2D eigenvalue weighted by atomic mass is 10.3. The molecule has 0 aliphatic heterocycles. The molecule has 1 nitrogen and oxygen atoms in total. The fourth-order valence-electron chi connectivity index (χ4n) is 0.300. The van der Waals surface area contributed by atoms with Crippen molar-refractivity contribution >= 4 is 0 Å². The smallest absolute Gasteiger partial charge is 0.272 e. The monoisotopic (exact) mass is 232 g/mol. The molecule has 0 rings (SSSR count). The Balaban J connectivity index is 4.53. The Labute approximate surface area is 72.6 Å². The first-order valence-corrected chi connectivity index (χ1v) is 3.02. The fourth-order valence-corrected chi connectivity index (χ4v) is 0.300.